The number of benzene rings is 2. The van der Waals surface area contributed by atoms with Crippen LogP contribution < -0.4 is 19.5 Å². The van der Waals surface area contributed by atoms with Crippen LogP contribution in [-0.4, -0.2) is 25.2 Å². The van der Waals surface area contributed by atoms with Crippen molar-refractivity contribution < 1.29 is 19.0 Å². The minimum atomic E-state index is -0.582. The van der Waals surface area contributed by atoms with Gasteiger partial charge in [-0.15, -0.1) is 0 Å². The SMILES string of the molecule is CC[C@H](Oc1ccccc1OC)C(=O)NCc1cccc(OC(C)C)c1. The first-order chi connectivity index (χ1) is 12.5. The minimum Gasteiger partial charge on any atom is -0.493 e. The van der Waals surface area contributed by atoms with Gasteiger partial charge < -0.3 is 19.5 Å². The quantitative estimate of drug-likeness (QED) is 0.738. The second-order valence-corrected chi connectivity index (χ2v) is 6.20. The third kappa shape index (κ3) is 5.69. The summed E-state index contributed by atoms with van der Waals surface area (Å²) in [6.07, 6.45) is 0.0837. The van der Waals surface area contributed by atoms with Crippen molar-refractivity contribution in [2.75, 3.05) is 7.11 Å². The largest absolute Gasteiger partial charge is 0.493 e. The fourth-order valence-corrected chi connectivity index (χ4v) is 2.50. The van der Waals surface area contributed by atoms with Crippen LogP contribution in [-0.2, 0) is 11.3 Å². The third-order valence-corrected chi connectivity index (χ3v) is 3.74. The van der Waals surface area contributed by atoms with E-state index in [0.717, 1.165) is 11.3 Å². The number of hydrogen-bond acceptors (Lipinski definition) is 4. The molecule has 2 aromatic carbocycles. The van der Waals surface area contributed by atoms with Crippen molar-refractivity contribution in [3.8, 4) is 17.2 Å². The predicted octanol–water partition coefficient (Wildman–Crippen LogP) is 3.96. The number of para-hydroxylation sites is 2. The van der Waals surface area contributed by atoms with Crippen molar-refractivity contribution in [2.45, 2.75) is 45.9 Å². The van der Waals surface area contributed by atoms with Gasteiger partial charge in [-0.3, -0.25) is 4.79 Å². The van der Waals surface area contributed by atoms with Gasteiger partial charge in [0, 0.05) is 6.54 Å². The molecule has 5 nitrogen and oxygen atoms in total. The number of carbonyl (C=O) groups is 1. The summed E-state index contributed by atoms with van der Waals surface area (Å²) in [6, 6.07) is 15.0. The lowest BCUT2D eigenvalue weighted by atomic mass is 10.2. The Bertz CT molecular complexity index is 715. The molecule has 0 heterocycles. The van der Waals surface area contributed by atoms with Crippen LogP contribution in [0.15, 0.2) is 48.5 Å². The lowest BCUT2D eigenvalue weighted by Crippen LogP contribution is -2.37. The predicted molar refractivity (Wildman–Crippen MR) is 102 cm³/mol. The van der Waals surface area contributed by atoms with Gasteiger partial charge in [0.05, 0.1) is 13.2 Å². The zero-order chi connectivity index (χ0) is 18.9. The van der Waals surface area contributed by atoms with E-state index in [1.165, 1.54) is 0 Å². The van der Waals surface area contributed by atoms with E-state index in [0.29, 0.717) is 24.5 Å². The monoisotopic (exact) mass is 357 g/mol. The van der Waals surface area contributed by atoms with E-state index in [9.17, 15) is 4.79 Å². The van der Waals surface area contributed by atoms with Gasteiger partial charge in [0.25, 0.3) is 5.91 Å². The Labute approximate surface area is 155 Å². The van der Waals surface area contributed by atoms with E-state index >= 15 is 0 Å². The van der Waals surface area contributed by atoms with Crippen LogP contribution in [0.4, 0.5) is 0 Å². The number of rotatable bonds is 9. The van der Waals surface area contributed by atoms with E-state index in [1.807, 2.05) is 57.2 Å². The normalized spacial score (nSPS) is 11.7. The van der Waals surface area contributed by atoms with Gasteiger partial charge in [0.2, 0.25) is 0 Å². The molecule has 1 N–H and O–H groups in total. The summed E-state index contributed by atoms with van der Waals surface area (Å²) in [7, 11) is 1.58. The number of hydrogen-bond donors (Lipinski definition) is 1. The van der Waals surface area contributed by atoms with Crippen LogP contribution in [0.3, 0.4) is 0 Å². The summed E-state index contributed by atoms with van der Waals surface area (Å²) in [4.78, 5) is 12.5. The van der Waals surface area contributed by atoms with Crippen molar-refractivity contribution in [3.05, 3.63) is 54.1 Å². The molecule has 0 radical (unpaired) electrons. The highest BCUT2D eigenvalue weighted by Gasteiger charge is 2.19. The minimum absolute atomic E-state index is 0.110. The summed E-state index contributed by atoms with van der Waals surface area (Å²) in [5, 5.41) is 2.93. The molecule has 0 aliphatic rings. The van der Waals surface area contributed by atoms with Gasteiger partial charge in [-0.25, -0.2) is 0 Å². The Kier molecular flexibility index (Phi) is 7.33. The van der Waals surface area contributed by atoms with E-state index in [4.69, 9.17) is 14.2 Å². The molecular formula is C21H27NO4. The molecule has 0 fully saturated rings. The number of nitrogens with one attached hydrogen (secondary N) is 1. The molecule has 0 aromatic heterocycles. The van der Waals surface area contributed by atoms with Crippen LogP contribution in [0.1, 0.15) is 32.8 Å². The summed E-state index contributed by atoms with van der Waals surface area (Å²) in [5.74, 6) is 1.80. The van der Waals surface area contributed by atoms with Gasteiger partial charge in [-0.1, -0.05) is 31.2 Å². The van der Waals surface area contributed by atoms with Crippen molar-refractivity contribution in [2.24, 2.45) is 0 Å². The first kappa shape index (κ1) is 19.6. The van der Waals surface area contributed by atoms with Crippen LogP contribution in [0, 0.1) is 0 Å². The fourth-order valence-electron chi connectivity index (χ4n) is 2.50. The highest BCUT2D eigenvalue weighted by atomic mass is 16.5. The molecule has 0 aliphatic carbocycles. The Morgan fingerprint density at radius 2 is 1.77 bits per heavy atom. The average Bonchev–Trinajstić information content (AvgIpc) is 2.64. The van der Waals surface area contributed by atoms with Gasteiger partial charge in [0.15, 0.2) is 17.6 Å². The van der Waals surface area contributed by atoms with E-state index in [1.54, 1.807) is 19.2 Å². The number of ether oxygens (including phenoxy) is 3. The van der Waals surface area contributed by atoms with Gasteiger partial charge in [-0.05, 0) is 50.1 Å². The molecule has 1 atom stereocenters. The lowest BCUT2D eigenvalue weighted by Gasteiger charge is -2.19. The first-order valence-electron chi connectivity index (χ1n) is 8.86. The maximum Gasteiger partial charge on any atom is 0.261 e. The Balaban J connectivity index is 1.97. The zero-order valence-electron chi connectivity index (χ0n) is 15.8. The summed E-state index contributed by atoms with van der Waals surface area (Å²) in [5.41, 5.74) is 0.976. The van der Waals surface area contributed by atoms with Crippen LogP contribution in [0.2, 0.25) is 0 Å². The molecular weight excluding hydrogens is 330 g/mol. The number of carbonyl (C=O) groups excluding carboxylic acids is 1. The van der Waals surface area contributed by atoms with Crippen molar-refractivity contribution in [1.29, 1.82) is 0 Å². The highest BCUT2D eigenvalue weighted by molar-refractivity contribution is 5.81. The van der Waals surface area contributed by atoms with Crippen LogP contribution in [0.5, 0.6) is 17.2 Å². The van der Waals surface area contributed by atoms with Crippen LogP contribution in [0.25, 0.3) is 0 Å². The average molecular weight is 357 g/mol. The van der Waals surface area contributed by atoms with E-state index in [-0.39, 0.29) is 12.0 Å². The van der Waals surface area contributed by atoms with Crippen LogP contribution >= 0.6 is 0 Å². The van der Waals surface area contributed by atoms with E-state index in [2.05, 4.69) is 5.32 Å². The molecule has 1 amide bonds. The molecule has 0 unspecified atom stereocenters. The Hall–Kier alpha value is -2.69. The molecule has 5 heteroatoms. The third-order valence-electron chi connectivity index (χ3n) is 3.74. The molecule has 0 spiro atoms. The molecule has 0 saturated heterocycles. The first-order valence-corrected chi connectivity index (χ1v) is 8.86. The molecule has 2 aromatic rings. The van der Waals surface area contributed by atoms with Gasteiger partial charge in [0.1, 0.15) is 5.75 Å². The highest BCUT2D eigenvalue weighted by Crippen LogP contribution is 2.27. The van der Waals surface area contributed by atoms with Crippen molar-refractivity contribution in [1.82, 2.24) is 5.32 Å². The van der Waals surface area contributed by atoms with Gasteiger partial charge in [-0.2, -0.15) is 0 Å². The van der Waals surface area contributed by atoms with Crippen molar-refractivity contribution in [3.63, 3.8) is 0 Å². The fraction of sp³-hybridized carbons (Fsp3) is 0.381. The summed E-state index contributed by atoms with van der Waals surface area (Å²) >= 11 is 0. The molecule has 140 valence electrons. The maximum absolute atomic E-state index is 12.5. The molecule has 0 aliphatic heterocycles. The summed E-state index contributed by atoms with van der Waals surface area (Å²) < 4.78 is 16.8. The Morgan fingerprint density at radius 3 is 2.42 bits per heavy atom. The molecule has 2 rings (SSSR count). The molecule has 0 bridgehead atoms. The second kappa shape index (κ2) is 9.70. The molecule has 26 heavy (non-hydrogen) atoms. The second-order valence-electron chi connectivity index (χ2n) is 6.20. The lowest BCUT2D eigenvalue weighted by molar-refractivity contribution is -0.128. The summed E-state index contributed by atoms with van der Waals surface area (Å²) in [6.45, 7) is 6.29. The topological polar surface area (TPSA) is 56.8 Å². The van der Waals surface area contributed by atoms with Crippen molar-refractivity contribution >= 4 is 5.91 Å². The number of methoxy groups -OCH3 is 1. The Morgan fingerprint density at radius 1 is 1.04 bits per heavy atom. The zero-order valence-corrected chi connectivity index (χ0v) is 15.8. The smallest absolute Gasteiger partial charge is 0.261 e. The standard InChI is InChI=1S/C21H27NO4/c1-5-18(26-20-12-7-6-11-19(20)24-4)21(23)22-14-16-9-8-10-17(13-16)25-15(2)3/h6-13,15,18H,5,14H2,1-4H3,(H,22,23)/t18-/m0/s1. The molecule has 0 saturated carbocycles. The maximum atomic E-state index is 12.5. The number of amides is 1. The van der Waals surface area contributed by atoms with E-state index < -0.39 is 6.10 Å². The van der Waals surface area contributed by atoms with Gasteiger partial charge >= 0.3 is 0 Å².